The van der Waals surface area contributed by atoms with E-state index in [0.29, 0.717) is 12.8 Å². The number of aliphatic hydroxyl groups excluding tert-OH is 1. The monoisotopic (exact) mass is 310 g/mol. The molecule has 3 atom stereocenters. The Kier molecular flexibility index (Phi) is 3.66. The van der Waals surface area contributed by atoms with Crippen LogP contribution in [0.3, 0.4) is 0 Å². The predicted octanol–water partition coefficient (Wildman–Crippen LogP) is 2.79. The molecule has 4 rings (SSSR count). The van der Waals surface area contributed by atoms with Gasteiger partial charge in [-0.3, -0.25) is 5.32 Å². The summed E-state index contributed by atoms with van der Waals surface area (Å²) in [6.07, 6.45) is -3.37. The maximum atomic E-state index is 13.1. The summed E-state index contributed by atoms with van der Waals surface area (Å²) in [5.74, 6) is -1.71. The zero-order valence-corrected chi connectivity index (χ0v) is 11.8. The van der Waals surface area contributed by atoms with Crippen LogP contribution in [0.4, 0.5) is 13.2 Å². The maximum Gasteiger partial charge on any atom is 0.392 e. The van der Waals surface area contributed by atoms with Crippen molar-refractivity contribution in [1.29, 1.82) is 5.26 Å². The van der Waals surface area contributed by atoms with Crippen molar-refractivity contribution in [3.8, 4) is 6.07 Å². The molecule has 0 spiro atoms. The van der Waals surface area contributed by atoms with Gasteiger partial charge in [0.25, 0.3) is 0 Å². The number of halogens is 3. The molecular formula is C16H17F3N2O. The van der Waals surface area contributed by atoms with Gasteiger partial charge in [-0.15, -0.1) is 0 Å². The van der Waals surface area contributed by atoms with Crippen LogP contribution in [-0.2, 0) is 0 Å². The lowest BCUT2D eigenvalue weighted by atomic mass is 9.35. The van der Waals surface area contributed by atoms with Gasteiger partial charge < -0.3 is 5.11 Å². The fourth-order valence-corrected chi connectivity index (χ4v) is 4.04. The first-order valence-electron chi connectivity index (χ1n) is 7.30. The van der Waals surface area contributed by atoms with E-state index in [9.17, 15) is 23.5 Å². The van der Waals surface area contributed by atoms with Crippen molar-refractivity contribution in [3.63, 3.8) is 0 Å². The van der Waals surface area contributed by atoms with Crippen molar-refractivity contribution in [2.45, 2.75) is 31.1 Å². The molecule has 3 saturated carbocycles. The van der Waals surface area contributed by atoms with Gasteiger partial charge in [-0.25, -0.2) is 0 Å². The van der Waals surface area contributed by atoms with Crippen LogP contribution in [0.2, 0.25) is 0 Å². The van der Waals surface area contributed by atoms with E-state index in [4.69, 9.17) is 0 Å². The van der Waals surface area contributed by atoms with Gasteiger partial charge in [-0.1, -0.05) is 30.3 Å². The highest BCUT2D eigenvalue weighted by molar-refractivity contribution is 5.26. The summed E-state index contributed by atoms with van der Waals surface area (Å²) in [5, 5.41) is 21.8. The molecule has 0 amide bonds. The molecule has 3 aliphatic rings. The van der Waals surface area contributed by atoms with E-state index in [2.05, 4.69) is 5.32 Å². The highest BCUT2D eigenvalue weighted by Gasteiger charge is 2.76. The molecule has 2 bridgehead atoms. The highest BCUT2D eigenvalue weighted by Crippen LogP contribution is 2.74. The third-order valence-electron chi connectivity index (χ3n) is 5.18. The molecule has 1 aromatic carbocycles. The van der Waals surface area contributed by atoms with Gasteiger partial charge in [0.15, 0.2) is 0 Å². The fraction of sp³-hybridized carbons (Fsp3) is 0.562. The lowest BCUT2D eigenvalue weighted by Crippen LogP contribution is -2.73. The number of hydrogen-bond acceptors (Lipinski definition) is 3. The van der Waals surface area contributed by atoms with Gasteiger partial charge in [0, 0.05) is 5.41 Å². The maximum absolute atomic E-state index is 13.1. The van der Waals surface area contributed by atoms with Crippen LogP contribution in [0.5, 0.6) is 0 Å². The van der Waals surface area contributed by atoms with Crippen LogP contribution in [0.1, 0.15) is 24.4 Å². The Bertz CT molecular complexity index is 575. The summed E-state index contributed by atoms with van der Waals surface area (Å²) >= 11 is 0. The van der Waals surface area contributed by atoms with Crippen LogP contribution in [0, 0.1) is 28.6 Å². The largest absolute Gasteiger partial charge is 0.394 e. The van der Waals surface area contributed by atoms with Gasteiger partial charge in [-0.05, 0) is 24.3 Å². The van der Waals surface area contributed by atoms with E-state index >= 15 is 0 Å². The predicted molar refractivity (Wildman–Crippen MR) is 73.5 cm³/mol. The Morgan fingerprint density at radius 2 is 1.95 bits per heavy atom. The molecule has 6 heteroatoms. The number of benzene rings is 1. The molecule has 1 unspecified atom stereocenters. The normalized spacial score (nSPS) is 32.3. The van der Waals surface area contributed by atoms with Crippen LogP contribution in [-0.4, -0.2) is 23.9 Å². The molecule has 0 saturated heterocycles. The average Bonchev–Trinajstić information content (AvgIpc) is 2.39. The van der Waals surface area contributed by atoms with Crippen LogP contribution in [0.25, 0.3) is 0 Å². The Morgan fingerprint density at radius 1 is 1.32 bits per heavy atom. The second kappa shape index (κ2) is 5.25. The minimum atomic E-state index is -4.25. The number of nitriles is 1. The molecule has 118 valence electrons. The van der Waals surface area contributed by atoms with E-state index in [1.165, 1.54) is 0 Å². The van der Waals surface area contributed by atoms with E-state index in [1.54, 1.807) is 24.3 Å². The third-order valence-corrected chi connectivity index (χ3v) is 5.18. The number of nitrogens with one attached hydrogen (secondary N) is 1. The summed E-state index contributed by atoms with van der Waals surface area (Å²) < 4.78 is 39.2. The van der Waals surface area contributed by atoms with E-state index < -0.39 is 29.6 Å². The zero-order valence-electron chi connectivity index (χ0n) is 11.8. The van der Waals surface area contributed by atoms with Crippen molar-refractivity contribution >= 4 is 0 Å². The van der Waals surface area contributed by atoms with E-state index in [0.717, 1.165) is 5.56 Å². The highest BCUT2D eigenvalue weighted by atomic mass is 19.4. The molecule has 2 N–H and O–H groups in total. The molecule has 3 fully saturated rings. The number of nitrogens with zero attached hydrogens (tertiary/aromatic N) is 1. The van der Waals surface area contributed by atoms with Crippen molar-refractivity contribution in [2.24, 2.45) is 17.3 Å². The molecule has 0 aliphatic heterocycles. The van der Waals surface area contributed by atoms with E-state index in [-0.39, 0.29) is 12.5 Å². The Morgan fingerprint density at radius 3 is 2.36 bits per heavy atom. The van der Waals surface area contributed by atoms with Crippen LogP contribution in [0.15, 0.2) is 30.3 Å². The van der Waals surface area contributed by atoms with Crippen LogP contribution < -0.4 is 5.32 Å². The van der Waals surface area contributed by atoms with Gasteiger partial charge in [0.2, 0.25) is 0 Å². The Balaban J connectivity index is 1.77. The summed E-state index contributed by atoms with van der Waals surface area (Å²) in [6.45, 7) is -0.265. The Labute approximate surface area is 126 Å². The van der Waals surface area contributed by atoms with Gasteiger partial charge >= 0.3 is 6.18 Å². The summed E-state index contributed by atoms with van der Waals surface area (Å²) in [5.41, 5.74) is -0.250. The molecule has 3 nitrogen and oxygen atoms in total. The molecule has 1 aromatic rings. The Hall–Kier alpha value is -1.58. The van der Waals surface area contributed by atoms with Crippen LogP contribution >= 0.6 is 0 Å². The van der Waals surface area contributed by atoms with Crippen molar-refractivity contribution < 1.29 is 18.3 Å². The third kappa shape index (κ3) is 2.20. The molecule has 0 aromatic heterocycles. The van der Waals surface area contributed by atoms with Crippen molar-refractivity contribution in [3.05, 3.63) is 35.9 Å². The zero-order chi connectivity index (χ0) is 16.0. The summed E-state index contributed by atoms with van der Waals surface area (Å²) in [4.78, 5) is 0. The lowest BCUT2D eigenvalue weighted by molar-refractivity contribution is -0.336. The second-order valence-corrected chi connectivity index (χ2v) is 6.30. The molecular weight excluding hydrogens is 293 g/mol. The van der Waals surface area contributed by atoms with Gasteiger partial charge in [-0.2, -0.15) is 18.4 Å². The second-order valence-electron chi connectivity index (χ2n) is 6.30. The average molecular weight is 310 g/mol. The fourth-order valence-electron chi connectivity index (χ4n) is 4.04. The van der Waals surface area contributed by atoms with Gasteiger partial charge in [0.05, 0.1) is 24.6 Å². The molecule has 0 radical (unpaired) electrons. The number of rotatable bonds is 5. The van der Waals surface area contributed by atoms with Crippen molar-refractivity contribution in [2.75, 3.05) is 6.61 Å². The first-order valence-corrected chi connectivity index (χ1v) is 7.30. The molecule has 22 heavy (non-hydrogen) atoms. The molecule has 0 heterocycles. The summed E-state index contributed by atoms with van der Waals surface area (Å²) in [7, 11) is 0. The standard InChI is InChI=1S/C16H17F3N2O/c17-16(18,19)14-11-6-15(14,7-11)13(8-20)21-12(9-22)10-4-2-1-3-5-10/h1-5,11-14,21-22H,6-7,9H2/t11?,12-,13+,14?,15?/m0/s1. The number of alkyl halides is 3. The topological polar surface area (TPSA) is 56.0 Å². The van der Waals surface area contributed by atoms with E-state index in [1.807, 2.05) is 12.1 Å². The quantitative estimate of drug-likeness (QED) is 0.879. The number of hydrogen-bond donors (Lipinski definition) is 2. The first-order chi connectivity index (χ1) is 10.4. The first kappa shape index (κ1) is 15.3. The van der Waals surface area contributed by atoms with Gasteiger partial charge in [0.1, 0.15) is 6.04 Å². The van der Waals surface area contributed by atoms with Crippen molar-refractivity contribution in [1.82, 2.24) is 5.32 Å². The minimum Gasteiger partial charge on any atom is -0.394 e. The molecule has 3 aliphatic carbocycles. The number of aliphatic hydroxyl groups is 1. The minimum absolute atomic E-state index is 0.265. The smallest absolute Gasteiger partial charge is 0.392 e. The lowest BCUT2D eigenvalue weighted by Gasteiger charge is -2.70. The summed E-state index contributed by atoms with van der Waals surface area (Å²) in [6, 6.07) is 9.53. The SMILES string of the molecule is N#C[C@@H](N[C@@H](CO)c1ccccc1)C12CC(C1)C2C(F)(F)F.